The molecule has 0 saturated carbocycles. The van der Waals surface area contributed by atoms with Gasteiger partial charge >= 0.3 is 0 Å². The number of nitrogens with one attached hydrogen (secondary N) is 1. The molecule has 1 atom stereocenters. The van der Waals surface area contributed by atoms with Gasteiger partial charge in [0.25, 0.3) is 5.91 Å². The highest BCUT2D eigenvalue weighted by molar-refractivity contribution is 5.91. The Bertz CT molecular complexity index is 388. The summed E-state index contributed by atoms with van der Waals surface area (Å²) in [6.45, 7) is 4.08. The summed E-state index contributed by atoms with van der Waals surface area (Å²) in [6.07, 6.45) is 5.14. The van der Waals surface area contributed by atoms with Gasteiger partial charge in [0.1, 0.15) is 0 Å². The third-order valence-corrected chi connectivity index (χ3v) is 4.32. The second-order valence-electron chi connectivity index (χ2n) is 5.36. The summed E-state index contributed by atoms with van der Waals surface area (Å²) in [5.74, 6) is 2.13. The largest absolute Gasteiger partial charge is 0.459 e. The minimum atomic E-state index is 0.0444. The third-order valence-electron chi connectivity index (χ3n) is 4.32. The quantitative estimate of drug-likeness (QED) is 0.867. The summed E-state index contributed by atoms with van der Waals surface area (Å²) in [6, 6.07) is 3.51. The summed E-state index contributed by atoms with van der Waals surface area (Å²) in [4.78, 5) is 14.0. The minimum absolute atomic E-state index is 0.0444. The normalized spacial score (nSPS) is 25.6. The van der Waals surface area contributed by atoms with Crippen LogP contribution < -0.4 is 5.32 Å². The van der Waals surface area contributed by atoms with Gasteiger partial charge < -0.3 is 14.6 Å². The van der Waals surface area contributed by atoms with Gasteiger partial charge in [-0.2, -0.15) is 0 Å². The number of piperidine rings is 1. The highest BCUT2D eigenvalue weighted by Crippen LogP contribution is 2.29. The van der Waals surface area contributed by atoms with E-state index in [1.54, 1.807) is 18.4 Å². The van der Waals surface area contributed by atoms with Crippen molar-refractivity contribution in [3.05, 3.63) is 24.2 Å². The van der Waals surface area contributed by atoms with Crippen LogP contribution in [0, 0.1) is 11.8 Å². The SMILES string of the molecule is O=C(c1ccco1)N1CCC(C2CCNC2)CC1. The third kappa shape index (κ3) is 2.29. The van der Waals surface area contributed by atoms with Crippen LogP contribution in [0.1, 0.15) is 29.8 Å². The standard InChI is InChI=1S/C14H20N2O2/c17-14(13-2-1-9-18-13)16-7-4-11(5-8-16)12-3-6-15-10-12/h1-2,9,11-12,15H,3-8,10H2. The molecule has 4 nitrogen and oxygen atoms in total. The van der Waals surface area contributed by atoms with Crippen molar-refractivity contribution in [2.24, 2.45) is 11.8 Å². The molecule has 0 aromatic carbocycles. The van der Waals surface area contributed by atoms with Crippen molar-refractivity contribution in [2.45, 2.75) is 19.3 Å². The van der Waals surface area contributed by atoms with Crippen molar-refractivity contribution >= 4 is 5.91 Å². The number of carbonyl (C=O) groups excluding carboxylic acids is 1. The highest BCUT2D eigenvalue weighted by atomic mass is 16.3. The van der Waals surface area contributed by atoms with E-state index in [0.717, 1.165) is 50.9 Å². The molecule has 1 aromatic rings. The van der Waals surface area contributed by atoms with Crippen LogP contribution in [0.3, 0.4) is 0 Å². The van der Waals surface area contributed by atoms with Crippen molar-refractivity contribution in [3.8, 4) is 0 Å². The van der Waals surface area contributed by atoms with Crippen LogP contribution in [0.2, 0.25) is 0 Å². The van der Waals surface area contributed by atoms with E-state index < -0.39 is 0 Å². The molecule has 0 spiro atoms. The van der Waals surface area contributed by atoms with Gasteiger partial charge in [-0.25, -0.2) is 0 Å². The average Bonchev–Trinajstić information content (AvgIpc) is 3.11. The fourth-order valence-corrected chi connectivity index (χ4v) is 3.21. The summed E-state index contributed by atoms with van der Waals surface area (Å²) in [7, 11) is 0. The van der Waals surface area contributed by atoms with Crippen LogP contribution in [0.4, 0.5) is 0 Å². The lowest BCUT2D eigenvalue weighted by Crippen LogP contribution is -2.40. The molecule has 1 aromatic heterocycles. The maximum Gasteiger partial charge on any atom is 0.289 e. The smallest absolute Gasteiger partial charge is 0.289 e. The molecule has 0 radical (unpaired) electrons. The first-order chi connectivity index (χ1) is 8.84. The van der Waals surface area contributed by atoms with Gasteiger partial charge in [0.2, 0.25) is 0 Å². The number of rotatable bonds is 2. The first-order valence-electron chi connectivity index (χ1n) is 6.88. The molecule has 1 amide bonds. The topological polar surface area (TPSA) is 45.5 Å². The van der Waals surface area contributed by atoms with Crippen molar-refractivity contribution in [2.75, 3.05) is 26.2 Å². The lowest BCUT2D eigenvalue weighted by Gasteiger charge is -2.34. The maximum absolute atomic E-state index is 12.1. The molecule has 1 N–H and O–H groups in total. The lowest BCUT2D eigenvalue weighted by molar-refractivity contribution is 0.0631. The number of hydrogen-bond donors (Lipinski definition) is 1. The van der Waals surface area contributed by atoms with Gasteiger partial charge in [-0.1, -0.05) is 0 Å². The van der Waals surface area contributed by atoms with Gasteiger partial charge in [0.15, 0.2) is 5.76 Å². The Balaban J connectivity index is 1.55. The molecule has 2 fully saturated rings. The number of carbonyl (C=O) groups is 1. The number of hydrogen-bond acceptors (Lipinski definition) is 3. The molecule has 18 heavy (non-hydrogen) atoms. The van der Waals surface area contributed by atoms with Crippen LogP contribution in [0.5, 0.6) is 0 Å². The molecule has 3 heterocycles. The summed E-state index contributed by atoms with van der Waals surface area (Å²) >= 11 is 0. The molecule has 0 bridgehead atoms. The predicted molar refractivity (Wildman–Crippen MR) is 68.3 cm³/mol. The molecular weight excluding hydrogens is 228 g/mol. The van der Waals surface area contributed by atoms with E-state index in [2.05, 4.69) is 5.32 Å². The van der Waals surface area contributed by atoms with Gasteiger partial charge in [0.05, 0.1) is 6.26 Å². The Kier molecular flexibility index (Phi) is 3.37. The van der Waals surface area contributed by atoms with Crippen LogP contribution >= 0.6 is 0 Å². The van der Waals surface area contributed by atoms with Crippen molar-refractivity contribution < 1.29 is 9.21 Å². The molecule has 2 aliphatic heterocycles. The van der Waals surface area contributed by atoms with Crippen molar-refractivity contribution in [1.82, 2.24) is 10.2 Å². The second-order valence-corrected chi connectivity index (χ2v) is 5.36. The lowest BCUT2D eigenvalue weighted by atomic mass is 9.84. The molecule has 2 saturated heterocycles. The van der Waals surface area contributed by atoms with Gasteiger partial charge in [-0.05, 0) is 56.3 Å². The highest BCUT2D eigenvalue weighted by Gasteiger charge is 2.30. The van der Waals surface area contributed by atoms with Crippen molar-refractivity contribution in [3.63, 3.8) is 0 Å². The molecule has 1 unspecified atom stereocenters. The van der Waals surface area contributed by atoms with E-state index >= 15 is 0 Å². The number of furan rings is 1. The minimum Gasteiger partial charge on any atom is -0.459 e. The van der Waals surface area contributed by atoms with Crippen LogP contribution in [-0.2, 0) is 0 Å². The van der Waals surface area contributed by atoms with E-state index in [1.807, 2.05) is 4.90 Å². The Morgan fingerprint density at radius 2 is 2.11 bits per heavy atom. The molecule has 98 valence electrons. The Morgan fingerprint density at radius 1 is 1.28 bits per heavy atom. The summed E-state index contributed by atoms with van der Waals surface area (Å²) in [5, 5.41) is 3.43. The zero-order valence-electron chi connectivity index (χ0n) is 10.6. The fraction of sp³-hybridized carbons (Fsp3) is 0.643. The fourth-order valence-electron chi connectivity index (χ4n) is 3.21. The van der Waals surface area contributed by atoms with Crippen LogP contribution in [-0.4, -0.2) is 37.0 Å². The Hall–Kier alpha value is -1.29. The monoisotopic (exact) mass is 248 g/mol. The molecule has 0 aliphatic carbocycles. The zero-order valence-corrected chi connectivity index (χ0v) is 10.6. The Morgan fingerprint density at radius 3 is 2.72 bits per heavy atom. The number of likely N-dealkylation sites (tertiary alicyclic amines) is 1. The molecule has 2 aliphatic rings. The maximum atomic E-state index is 12.1. The van der Waals surface area contributed by atoms with Gasteiger partial charge in [-0.15, -0.1) is 0 Å². The van der Waals surface area contributed by atoms with E-state index in [0.29, 0.717) is 5.76 Å². The van der Waals surface area contributed by atoms with Gasteiger partial charge in [-0.3, -0.25) is 4.79 Å². The predicted octanol–water partition coefficient (Wildman–Crippen LogP) is 1.74. The van der Waals surface area contributed by atoms with Crippen molar-refractivity contribution in [1.29, 1.82) is 0 Å². The first kappa shape index (κ1) is 11.8. The summed E-state index contributed by atoms with van der Waals surface area (Å²) in [5.41, 5.74) is 0. The van der Waals surface area contributed by atoms with Crippen LogP contribution in [0.25, 0.3) is 0 Å². The molecule has 3 rings (SSSR count). The summed E-state index contributed by atoms with van der Waals surface area (Å²) < 4.78 is 5.17. The second kappa shape index (κ2) is 5.14. The van der Waals surface area contributed by atoms with E-state index in [4.69, 9.17) is 4.42 Å². The van der Waals surface area contributed by atoms with E-state index in [-0.39, 0.29) is 5.91 Å². The number of nitrogens with zero attached hydrogens (tertiary/aromatic N) is 1. The molecular formula is C14H20N2O2. The van der Waals surface area contributed by atoms with Crippen LogP contribution in [0.15, 0.2) is 22.8 Å². The van der Waals surface area contributed by atoms with E-state index in [9.17, 15) is 4.79 Å². The Labute approximate surface area is 107 Å². The first-order valence-corrected chi connectivity index (χ1v) is 6.88. The van der Waals surface area contributed by atoms with E-state index in [1.165, 1.54) is 6.42 Å². The van der Waals surface area contributed by atoms with Gasteiger partial charge in [0, 0.05) is 13.1 Å². The average molecular weight is 248 g/mol. The number of amides is 1. The zero-order chi connectivity index (χ0) is 12.4. The molecule has 4 heteroatoms.